The molecule has 0 amide bonds. The summed E-state index contributed by atoms with van der Waals surface area (Å²) in [5.74, 6) is 1.12. The molecule has 0 radical (unpaired) electrons. The SMILES string of the molecule is Cc1cc2c(s1)N(C)c1ccccc1N=C2N1CCNCC1. The van der Waals surface area contributed by atoms with Crippen LogP contribution in [0.5, 0.6) is 0 Å². The number of aliphatic imine (C=N–C) groups is 1. The van der Waals surface area contributed by atoms with Crippen molar-refractivity contribution in [1.82, 2.24) is 10.2 Å². The molecule has 1 aromatic carbocycles. The lowest BCUT2D eigenvalue weighted by atomic mass is 10.2. The van der Waals surface area contributed by atoms with Crippen LogP contribution in [0.25, 0.3) is 0 Å². The second kappa shape index (κ2) is 5.41. The third-order valence-corrected chi connectivity index (χ3v) is 5.39. The first-order chi connectivity index (χ1) is 10.7. The zero-order valence-electron chi connectivity index (χ0n) is 13.0. The Morgan fingerprint density at radius 1 is 1.18 bits per heavy atom. The molecule has 4 rings (SSSR count). The quantitative estimate of drug-likeness (QED) is 0.811. The highest BCUT2D eigenvalue weighted by atomic mass is 32.1. The number of rotatable bonds is 0. The summed E-state index contributed by atoms with van der Waals surface area (Å²) in [5, 5.41) is 4.71. The van der Waals surface area contributed by atoms with Crippen molar-refractivity contribution in [3.63, 3.8) is 0 Å². The number of hydrogen-bond acceptors (Lipinski definition) is 5. The van der Waals surface area contributed by atoms with E-state index < -0.39 is 0 Å². The van der Waals surface area contributed by atoms with Crippen molar-refractivity contribution in [2.75, 3.05) is 38.1 Å². The monoisotopic (exact) mass is 312 g/mol. The van der Waals surface area contributed by atoms with Gasteiger partial charge in [-0.3, -0.25) is 0 Å². The van der Waals surface area contributed by atoms with Crippen LogP contribution in [-0.4, -0.2) is 44.0 Å². The highest BCUT2D eigenvalue weighted by Crippen LogP contribution is 2.42. The number of thiophene rings is 1. The van der Waals surface area contributed by atoms with Crippen LogP contribution >= 0.6 is 11.3 Å². The summed E-state index contributed by atoms with van der Waals surface area (Å²) in [7, 11) is 2.14. The Morgan fingerprint density at radius 2 is 1.95 bits per heavy atom. The molecule has 3 heterocycles. The summed E-state index contributed by atoms with van der Waals surface area (Å²) in [6.45, 7) is 6.25. The zero-order valence-corrected chi connectivity index (χ0v) is 13.8. The Kier molecular flexibility index (Phi) is 3.39. The van der Waals surface area contributed by atoms with Gasteiger partial charge in [0.1, 0.15) is 10.8 Å². The van der Waals surface area contributed by atoms with Crippen LogP contribution in [0, 0.1) is 6.92 Å². The number of piperazine rings is 1. The van der Waals surface area contributed by atoms with Crippen LogP contribution in [0.3, 0.4) is 0 Å². The lowest BCUT2D eigenvalue weighted by Gasteiger charge is -2.30. The average molecular weight is 312 g/mol. The summed E-state index contributed by atoms with van der Waals surface area (Å²) in [4.78, 5) is 11.1. The lowest BCUT2D eigenvalue weighted by Crippen LogP contribution is -2.46. The van der Waals surface area contributed by atoms with E-state index in [2.05, 4.69) is 59.4 Å². The van der Waals surface area contributed by atoms with Crippen molar-refractivity contribution in [2.45, 2.75) is 6.92 Å². The molecule has 0 unspecified atom stereocenters. The molecule has 22 heavy (non-hydrogen) atoms. The minimum Gasteiger partial charge on any atom is -0.353 e. The molecule has 1 saturated heterocycles. The Labute approximate surface area is 135 Å². The molecule has 0 atom stereocenters. The first kappa shape index (κ1) is 13.8. The summed E-state index contributed by atoms with van der Waals surface area (Å²) >= 11 is 1.85. The summed E-state index contributed by atoms with van der Waals surface area (Å²) in [6, 6.07) is 10.7. The number of nitrogens with zero attached hydrogens (tertiary/aromatic N) is 3. The molecule has 2 aliphatic heterocycles. The average Bonchev–Trinajstić information content (AvgIpc) is 2.90. The van der Waals surface area contributed by atoms with E-state index in [1.807, 2.05) is 11.3 Å². The van der Waals surface area contributed by atoms with Crippen LogP contribution in [0.4, 0.5) is 16.4 Å². The molecule has 2 aliphatic rings. The maximum Gasteiger partial charge on any atom is 0.139 e. The minimum absolute atomic E-state index is 1.01. The van der Waals surface area contributed by atoms with Crippen LogP contribution in [-0.2, 0) is 0 Å². The molecule has 0 aliphatic carbocycles. The maximum absolute atomic E-state index is 5.05. The lowest BCUT2D eigenvalue weighted by molar-refractivity contribution is 0.358. The first-order valence-corrected chi connectivity index (χ1v) is 8.53. The molecule has 0 bridgehead atoms. The molecule has 0 spiro atoms. The molecule has 1 fully saturated rings. The topological polar surface area (TPSA) is 30.9 Å². The summed E-state index contributed by atoms with van der Waals surface area (Å²) in [6.07, 6.45) is 0. The maximum atomic E-state index is 5.05. The van der Waals surface area contributed by atoms with Gasteiger partial charge in [0.2, 0.25) is 0 Å². The van der Waals surface area contributed by atoms with Crippen LogP contribution in [0.1, 0.15) is 10.4 Å². The van der Waals surface area contributed by atoms with E-state index in [1.165, 1.54) is 21.1 Å². The van der Waals surface area contributed by atoms with Crippen molar-refractivity contribution in [3.05, 3.63) is 40.8 Å². The number of aryl methyl sites for hydroxylation is 1. The molecule has 2 aromatic rings. The van der Waals surface area contributed by atoms with Gasteiger partial charge in [0.15, 0.2) is 0 Å². The van der Waals surface area contributed by atoms with E-state index >= 15 is 0 Å². The van der Waals surface area contributed by atoms with Crippen LogP contribution in [0.2, 0.25) is 0 Å². The second-order valence-electron chi connectivity index (χ2n) is 5.80. The van der Waals surface area contributed by atoms with E-state index in [9.17, 15) is 0 Å². The molecule has 114 valence electrons. The van der Waals surface area contributed by atoms with Crippen molar-refractivity contribution in [3.8, 4) is 0 Å². The van der Waals surface area contributed by atoms with E-state index in [1.54, 1.807) is 0 Å². The number of amidine groups is 1. The fourth-order valence-electron chi connectivity index (χ4n) is 3.16. The van der Waals surface area contributed by atoms with E-state index in [0.29, 0.717) is 0 Å². The Bertz CT molecular complexity index is 728. The highest BCUT2D eigenvalue weighted by molar-refractivity contribution is 7.16. The molecule has 1 aromatic heterocycles. The Morgan fingerprint density at radius 3 is 2.77 bits per heavy atom. The van der Waals surface area contributed by atoms with Gasteiger partial charge >= 0.3 is 0 Å². The van der Waals surface area contributed by atoms with Gasteiger partial charge in [-0.2, -0.15) is 0 Å². The first-order valence-electron chi connectivity index (χ1n) is 7.72. The van der Waals surface area contributed by atoms with Crippen molar-refractivity contribution >= 4 is 33.5 Å². The number of anilines is 2. The van der Waals surface area contributed by atoms with Crippen molar-refractivity contribution in [1.29, 1.82) is 0 Å². The van der Waals surface area contributed by atoms with Gasteiger partial charge in [0.05, 0.1) is 16.9 Å². The van der Waals surface area contributed by atoms with Gasteiger partial charge in [-0.15, -0.1) is 11.3 Å². The van der Waals surface area contributed by atoms with Gasteiger partial charge < -0.3 is 15.1 Å². The summed E-state index contributed by atoms with van der Waals surface area (Å²) in [5.41, 5.74) is 3.50. The molecule has 4 nitrogen and oxygen atoms in total. The van der Waals surface area contributed by atoms with Crippen molar-refractivity contribution < 1.29 is 0 Å². The summed E-state index contributed by atoms with van der Waals surface area (Å²) < 4.78 is 0. The van der Waals surface area contributed by atoms with E-state index in [0.717, 1.165) is 37.7 Å². The predicted molar refractivity (Wildman–Crippen MR) is 94.2 cm³/mol. The molecular formula is C17H20N4S. The van der Waals surface area contributed by atoms with Gasteiger partial charge in [-0.05, 0) is 25.1 Å². The Balaban J connectivity index is 1.90. The number of nitrogens with one attached hydrogen (secondary N) is 1. The zero-order chi connectivity index (χ0) is 15.1. The van der Waals surface area contributed by atoms with Gasteiger partial charge in [-0.25, -0.2) is 4.99 Å². The van der Waals surface area contributed by atoms with Crippen molar-refractivity contribution in [2.24, 2.45) is 4.99 Å². The fraction of sp³-hybridized carbons (Fsp3) is 0.353. The van der Waals surface area contributed by atoms with Gasteiger partial charge in [0, 0.05) is 38.1 Å². The smallest absolute Gasteiger partial charge is 0.139 e. The van der Waals surface area contributed by atoms with E-state index in [-0.39, 0.29) is 0 Å². The third kappa shape index (κ3) is 2.21. The van der Waals surface area contributed by atoms with Gasteiger partial charge in [-0.1, -0.05) is 12.1 Å². The molecular weight excluding hydrogens is 292 g/mol. The van der Waals surface area contributed by atoms with Crippen LogP contribution in [0.15, 0.2) is 35.3 Å². The van der Waals surface area contributed by atoms with Crippen LogP contribution < -0.4 is 10.2 Å². The Hall–Kier alpha value is -1.85. The minimum atomic E-state index is 1.01. The molecule has 0 saturated carbocycles. The van der Waals surface area contributed by atoms with Gasteiger partial charge in [0.25, 0.3) is 0 Å². The normalized spacial score (nSPS) is 17.6. The number of para-hydroxylation sites is 2. The number of benzene rings is 1. The number of hydrogen-bond donors (Lipinski definition) is 1. The molecule has 1 N–H and O–H groups in total. The molecule has 5 heteroatoms. The largest absolute Gasteiger partial charge is 0.353 e. The fourth-order valence-corrected chi connectivity index (χ4v) is 4.13. The number of fused-ring (bicyclic) bond motifs is 2. The highest BCUT2D eigenvalue weighted by Gasteiger charge is 2.26. The third-order valence-electron chi connectivity index (χ3n) is 4.27. The second-order valence-corrected chi connectivity index (χ2v) is 7.03. The predicted octanol–water partition coefficient (Wildman–Crippen LogP) is 3.12. The van der Waals surface area contributed by atoms with E-state index in [4.69, 9.17) is 4.99 Å². The standard InChI is InChI=1S/C17H20N4S/c1-12-11-13-16(21-9-7-18-8-10-21)19-14-5-3-4-6-15(14)20(2)17(13)22-12/h3-6,11,18H,7-10H2,1-2H3.